The number of carbonyl (C=O) groups is 1. The molecule has 0 aliphatic rings. The van der Waals surface area contributed by atoms with Gasteiger partial charge in [0.15, 0.2) is 11.9 Å². The van der Waals surface area contributed by atoms with E-state index in [0.29, 0.717) is 18.8 Å². The molecular weight excluding hydrogens is 404 g/mol. The highest BCUT2D eigenvalue weighted by molar-refractivity contribution is 8.38. The Kier molecular flexibility index (Phi) is 11.6. The number of para-hydroxylation sites is 1. The normalized spacial score (nSPS) is 12.0. The topological polar surface area (TPSA) is 54.8 Å². The molecule has 0 bridgehead atoms. The first-order valence-corrected chi connectivity index (χ1v) is 11.6. The third-order valence-corrected chi connectivity index (χ3v) is 5.81. The van der Waals surface area contributed by atoms with Crippen molar-refractivity contribution in [2.24, 2.45) is 9.98 Å². The smallest absolute Gasteiger partial charge is 0.245 e. The van der Waals surface area contributed by atoms with Gasteiger partial charge < -0.3 is 19.6 Å². The predicted molar refractivity (Wildman–Crippen MR) is 131 cm³/mol. The van der Waals surface area contributed by atoms with E-state index in [0.717, 1.165) is 24.2 Å². The van der Waals surface area contributed by atoms with Crippen molar-refractivity contribution in [2.75, 3.05) is 78.8 Å². The fraction of sp³-hybridized carbons (Fsp3) is 0.550. The minimum atomic E-state index is 0.132. The first kappa shape index (κ1) is 25.2. The van der Waals surface area contributed by atoms with Crippen molar-refractivity contribution < 1.29 is 4.79 Å². The van der Waals surface area contributed by atoms with Gasteiger partial charge in [-0.2, -0.15) is 0 Å². The zero-order valence-corrected chi connectivity index (χ0v) is 20.3. The Labute approximate surface area is 184 Å². The van der Waals surface area contributed by atoms with Crippen molar-refractivity contribution in [1.82, 2.24) is 14.7 Å². The molecule has 1 aromatic rings. The molecular formula is C20H34N6OS2. The largest absolute Gasteiger partial charge is 0.349 e. The Hall–Kier alpha value is -1.87. The molecule has 0 radical (unpaired) electrons. The fourth-order valence-electron chi connectivity index (χ4n) is 2.65. The van der Waals surface area contributed by atoms with Gasteiger partial charge in [-0.3, -0.25) is 14.8 Å². The molecule has 9 heteroatoms. The van der Waals surface area contributed by atoms with E-state index in [1.54, 1.807) is 6.26 Å². The Balaban J connectivity index is 2.71. The average Bonchev–Trinajstić information content (AvgIpc) is 2.70. The number of benzene rings is 1. The van der Waals surface area contributed by atoms with Gasteiger partial charge in [-0.1, -0.05) is 41.7 Å². The van der Waals surface area contributed by atoms with Crippen LogP contribution in [0.2, 0.25) is 0 Å². The van der Waals surface area contributed by atoms with E-state index in [2.05, 4.69) is 26.9 Å². The van der Waals surface area contributed by atoms with E-state index in [-0.39, 0.29) is 4.45 Å². The number of carbonyl (C=O) groups excluding carboxylic acids is 1. The van der Waals surface area contributed by atoms with Gasteiger partial charge in [0, 0.05) is 60.3 Å². The minimum Gasteiger partial charge on any atom is -0.349 e. The number of likely N-dealkylation sites (N-methyl/N-ethyl adjacent to an activating group) is 1. The molecule has 0 saturated carbocycles. The third-order valence-electron chi connectivity index (χ3n) is 4.00. The van der Waals surface area contributed by atoms with Gasteiger partial charge >= 0.3 is 0 Å². The number of hydrogen-bond acceptors (Lipinski definition) is 5. The van der Waals surface area contributed by atoms with Gasteiger partial charge in [0.25, 0.3) is 0 Å². The lowest BCUT2D eigenvalue weighted by molar-refractivity contribution is 0.276. The molecule has 0 N–H and O–H groups in total. The lowest BCUT2D eigenvalue weighted by Gasteiger charge is -2.28. The van der Waals surface area contributed by atoms with Crippen molar-refractivity contribution in [3.8, 4) is 0 Å². The molecule has 7 nitrogen and oxygen atoms in total. The Morgan fingerprint density at radius 2 is 1.48 bits per heavy atom. The maximum absolute atomic E-state index is 11.4. The highest BCUT2D eigenvalue weighted by Crippen LogP contribution is 2.13. The van der Waals surface area contributed by atoms with Gasteiger partial charge in [0.1, 0.15) is 0 Å². The van der Waals surface area contributed by atoms with E-state index in [1.807, 2.05) is 70.3 Å². The van der Waals surface area contributed by atoms with Crippen LogP contribution >= 0.6 is 23.5 Å². The zero-order chi connectivity index (χ0) is 21.8. The maximum atomic E-state index is 11.4. The van der Waals surface area contributed by atoms with Crippen LogP contribution in [0.15, 0.2) is 40.3 Å². The highest BCUT2D eigenvalue weighted by atomic mass is 32.2. The number of guanidine groups is 2. The van der Waals surface area contributed by atoms with E-state index >= 15 is 0 Å². The molecule has 1 rings (SSSR count). The Morgan fingerprint density at radius 3 is 2.03 bits per heavy atom. The molecule has 0 aliphatic heterocycles. The second-order valence-electron chi connectivity index (χ2n) is 6.77. The summed E-state index contributed by atoms with van der Waals surface area (Å²) in [7, 11) is 12.0. The van der Waals surface area contributed by atoms with Crippen LogP contribution in [0.4, 0.5) is 10.5 Å². The summed E-state index contributed by atoms with van der Waals surface area (Å²) in [6.07, 6.45) is 1.80. The van der Waals surface area contributed by atoms with Crippen molar-refractivity contribution in [1.29, 1.82) is 0 Å². The maximum Gasteiger partial charge on any atom is 0.245 e. The molecule has 0 saturated heterocycles. The van der Waals surface area contributed by atoms with E-state index in [9.17, 15) is 4.79 Å². The number of aliphatic imine (C=N–C) groups is 2. The summed E-state index contributed by atoms with van der Waals surface area (Å²) in [6, 6.07) is 10.2. The molecule has 0 aromatic heterocycles. The van der Waals surface area contributed by atoms with Crippen molar-refractivity contribution in [3.63, 3.8) is 0 Å². The summed E-state index contributed by atoms with van der Waals surface area (Å²) < 4.78 is 0.132. The first-order chi connectivity index (χ1) is 13.8. The monoisotopic (exact) mass is 438 g/mol. The SMILES string of the molecule is CSC(=O)SCC/N=C(/N(C)C)N(C)CC/N=C(\N(C)C)N(C)c1ccccc1. The average molecular weight is 439 g/mol. The van der Waals surface area contributed by atoms with Gasteiger partial charge in [-0.25, -0.2) is 0 Å². The van der Waals surface area contributed by atoms with Crippen LogP contribution in [0.5, 0.6) is 0 Å². The van der Waals surface area contributed by atoms with Gasteiger partial charge in [-0.15, -0.1) is 0 Å². The van der Waals surface area contributed by atoms with E-state index in [1.165, 1.54) is 23.5 Å². The second-order valence-corrected chi connectivity index (χ2v) is 8.88. The van der Waals surface area contributed by atoms with E-state index < -0.39 is 0 Å². The highest BCUT2D eigenvalue weighted by Gasteiger charge is 2.12. The van der Waals surface area contributed by atoms with Crippen molar-refractivity contribution >= 4 is 45.6 Å². The van der Waals surface area contributed by atoms with Gasteiger partial charge in [0.2, 0.25) is 4.45 Å². The second kappa shape index (κ2) is 13.4. The van der Waals surface area contributed by atoms with Crippen LogP contribution in [0.1, 0.15) is 0 Å². The molecule has 0 heterocycles. The molecule has 0 fully saturated rings. The number of hydrogen-bond donors (Lipinski definition) is 0. The molecule has 0 spiro atoms. The third kappa shape index (κ3) is 8.99. The van der Waals surface area contributed by atoms with Gasteiger partial charge in [0.05, 0.1) is 13.1 Å². The minimum absolute atomic E-state index is 0.132. The molecule has 0 aliphatic carbocycles. The number of anilines is 1. The summed E-state index contributed by atoms with van der Waals surface area (Å²) >= 11 is 2.56. The van der Waals surface area contributed by atoms with E-state index in [4.69, 9.17) is 4.99 Å². The van der Waals surface area contributed by atoms with Crippen LogP contribution in [0.25, 0.3) is 0 Å². The lowest BCUT2D eigenvalue weighted by atomic mass is 10.3. The summed E-state index contributed by atoms with van der Waals surface area (Å²) in [6.45, 7) is 2.00. The predicted octanol–water partition coefficient (Wildman–Crippen LogP) is 3.11. The van der Waals surface area contributed by atoms with Crippen LogP contribution in [0, 0.1) is 0 Å². The quantitative estimate of drug-likeness (QED) is 0.368. The summed E-state index contributed by atoms with van der Waals surface area (Å²) in [4.78, 5) is 29.0. The molecule has 0 atom stereocenters. The van der Waals surface area contributed by atoms with Crippen LogP contribution < -0.4 is 4.90 Å². The Bertz CT molecular complexity index is 679. The lowest BCUT2D eigenvalue weighted by Crippen LogP contribution is -2.41. The first-order valence-electron chi connectivity index (χ1n) is 9.42. The number of nitrogens with zero attached hydrogens (tertiary/aromatic N) is 6. The van der Waals surface area contributed by atoms with Gasteiger partial charge in [-0.05, 0) is 18.4 Å². The number of rotatable bonds is 7. The van der Waals surface area contributed by atoms with Crippen molar-refractivity contribution in [3.05, 3.63) is 30.3 Å². The van der Waals surface area contributed by atoms with Crippen LogP contribution in [-0.2, 0) is 0 Å². The van der Waals surface area contributed by atoms with Crippen molar-refractivity contribution in [2.45, 2.75) is 0 Å². The molecule has 0 unspecified atom stereocenters. The number of thioether (sulfide) groups is 2. The summed E-state index contributed by atoms with van der Waals surface area (Å²) in [5.74, 6) is 2.48. The molecule has 1 aromatic carbocycles. The molecule has 162 valence electrons. The van der Waals surface area contributed by atoms with Crippen LogP contribution in [0.3, 0.4) is 0 Å². The summed E-state index contributed by atoms with van der Waals surface area (Å²) in [5.41, 5.74) is 1.10. The summed E-state index contributed by atoms with van der Waals surface area (Å²) in [5, 5.41) is 0. The van der Waals surface area contributed by atoms with Crippen LogP contribution in [-0.4, -0.2) is 105 Å². The molecule has 0 amide bonds. The fourth-order valence-corrected chi connectivity index (χ4v) is 3.72. The Morgan fingerprint density at radius 1 is 0.897 bits per heavy atom. The zero-order valence-electron chi connectivity index (χ0n) is 18.6. The molecule has 29 heavy (non-hydrogen) atoms. The standard InChI is InChI=1S/C20H34N6OS2/c1-23(2)18(22-14-16-29-20(27)28-7)25(5)15-13-21-19(24(3)4)26(6)17-11-9-8-10-12-17/h8-12H,13-16H2,1-7H3/b21-19+,22-18-.